The lowest BCUT2D eigenvalue weighted by Gasteiger charge is -2.14. The van der Waals surface area contributed by atoms with Gasteiger partial charge in [0, 0.05) is 23.2 Å². The van der Waals surface area contributed by atoms with Crippen LogP contribution in [0.15, 0.2) is 24.3 Å². The zero-order valence-corrected chi connectivity index (χ0v) is 15.5. The quantitative estimate of drug-likeness (QED) is 0.830. The van der Waals surface area contributed by atoms with Crippen molar-refractivity contribution in [3.8, 4) is 5.75 Å². The number of carbonyl (C=O) groups is 1. The molecule has 0 unspecified atom stereocenters. The fourth-order valence-electron chi connectivity index (χ4n) is 2.70. The molecule has 1 heterocycles. The molecule has 2 aromatic rings. The van der Waals surface area contributed by atoms with Gasteiger partial charge in [-0.3, -0.25) is 9.48 Å². The fraction of sp³-hybridized carbons (Fsp3) is 0.500. The Morgan fingerprint density at radius 1 is 1.32 bits per heavy atom. The molecule has 1 aliphatic carbocycles. The van der Waals surface area contributed by atoms with Crippen LogP contribution >= 0.6 is 0 Å². The third kappa shape index (κ3) is 4.62. The number of ether oxygens (including phenoxy) is 1. The van der Waals surface area contributed by atoms with E-state index >= 15 is 0 Å². The fourth-order valence-corrected chi connectivity index (χ4v) is 2.70. The molecule has 5 heteroatoms. The molecule has 134 valence electrons. The maximum Gasteiger partial charge on any atom is 0.228 e. The molecule has 25 heavy (non-hydrogen) atoms. The van der Waals surface area contributed by atoms with Crippen molar-refractivity contribution in [1.29, 1.82) is 0 Å². The van der Waals surface area contributed by atoms with Crippen LogP contribution in [0.1, 0.15) is 43.5 Å². The molecule has 1 amide bonds. The van der Waals surface area contributed by atoms with E-state index in [2.05, 4.69) is 43.3 Å². The number of carbonyl (C=O) groups excluding carboxylic acids is 1. The van der Waals surface area contributed by atoms with E-state index in [0.717, 1.165) is 29.8 Å². The largest absolute Gasteiger partial charge is 0.493 e. The van der Waals surface area contributed by atoms with E-state index in [0.29, 0.717) is 24.9 Å². The van der Waals surface area contributed by atoms with Gasteiger partial charge in [0.25, 0.3) is 0 Å². The highest BCUT2D eigenvalue weighted by Gasteiger charge is 2.30. The Morgan fingerprint density at radius 2 is 2.08 bits per heavy atom. The number of nitrogens with zero attached hydrogens (tertiary/aromatic N) is 2. The molecule has 1 fully saturated rings. The first kappa shape index (κ1) is 17.5. The topological polar surface area (TPSA) is 56.1 Å². The van der Waals surface area contributed by atoms with Gasteiger partial charge in [-0.2, -0.15) is 5.10 Å². The maximum atomic E-state index is 11.9. The number of rotatable bonds is 7. The van der Waals surface area contributed by atoms with Gasteiger partial charge in [-0.25, -0.2) is 0 Å². The van der Waals surface area contributed by atoms with Gasteiger partial charge < -0.3 is 10.1 Å². The second kappa shape index (κ2) is 7.30. The summed E-state index contributed by atoms with van der Waals surface area (Å²) >= 11 is 0. The average Bonchev–Trinajstić information content (AvgIpc) is 3.33. The van der Waals surface area contributed by atoms with Crippen molar-refractivity contribution < 1.29 is 9.53 Å². The Kier molecular flexibility index (Phi) is 5.11. The number of aromatic nitrogens is 2. The zero-order chi connectivity index (χ0) is 18.0. The van der Waals surface area contributed by atoms with Crippen LogP contribution in [0.3, 0.4) is 0 Å². The van der Waals surface area contributed by atoms with Gasteiger partial charge in [0.05, 0.1) is 13.2 Å². The van der Waals surface area contributed by atoms with Gasteiger partial charge in [0.1, 0.15) is 5.75 Å². The minimum atomic E-state index is 0.0844. The molecule has 0 bridgehead atoms. The number of anilines is 1. The zero-order valence-electron chi connectivity index (χ0n) is 15.5. The van der Waals surface area contributed by atoms with Crippen molar-refractivity contribution in [2.24, 2.45) is 11.8 Å². The number of benzene rings is 1. The first-order chi connectivity index (χ1) is 11.9. The van der Waals surface area contributed by atoms with Crippen molar-refractivity contribution in [2.45, 2.75) is 47.1 Å². The number of nitrogens with one attached hydrogen (secondary N) is 1. The van der Waals surface area contributed by atoms with Crippen LogP contribution in [-0.4, -0.2) is 22.3 Å². The molecule has 0 radical (unpaired) electrons. The molecule has 5 nitrogen and oxygen atoms in total. The van der Waals surface area contributed by atoms with E-state index in [9.17, 15) is 4.79 Å². The molecule has 0 spiro atoms. The van der Waals surface area contributed by atoms with E-state index < -0.39 is 0 Å². The Balaban J connectivity index is 1.75. The Bertz CT molecular complexity index is 760. The van der Waals surface area contributed by atoms with Gasteiger partial charge in [-0.05, 0) is 38.7 Å². The van der Waals surface area contributed by atoms with Crippen molar-refractivity contribution in [2.75, 3.05) is 11.9 Å². The monoisotopic (exact) mass is 341 g/mol. The summed E-state index contributed by atoms with van der Waals surface area (Å²) in [6.45, 7) is 9.68. The van der Waals surface area contributed by atoms with Gasteiger partial charge in [-0.15, -0.1) is 0 Å². The predicted octanol–water partition coefficient (Wildman–Crippen LogP) is 3.93. The highest BCUT2D eigenvalue weighted by atomic mass is 16.5. The number of aryl methyl sites for hydroxylation is 2. The third-order valence-electron chi connectivity index (χ3n) is 4.29. The molecule has 1 aromatic carbocycles. The van der Waals surface area contributed by atoms with Crippen LogP contribution in [0.25, 0.3) is 0 Å². The normalized spacial score (nSPS) is 14.0. The van der Waals surface area contributed by atoms with Crippen molar-refractivity contribution in [3.63, 3.8) is 0 Å². The Hall–Kier alpha value is -2.30. The van der Waals surface area contributed by atoms with Gasteiger partial charge in [0.2, 0.25) is 5.91 Å². The molecular formula is C20H27N3O2. The first-order valence-corrected chi connectivity index (χ1v) is 9.00. The van der Waals surface area contributed by atoms with E-state index in [1.165, 1.54) is 5.56 Å². The molecule has 0 aliphatic heterocycles. The standard InChI is InChI=1S/C20H27N3O2/c1-13(2)12-25-18-8-5-14(3)9-17(18)11-23-15(4)10-19(22-23)21-20(24)16-6-7-16/h5,8-10,13,16H,6-7,11-12H2,1-4H3,(H,21,22,24). The number of amides is 1. The molecule has 1 aliphatic rings. The summed E-state index contributed by atoms with van der Waals surface area (Å²) in [5.41, 5.74) is 3.31. The van der Waals surface area contributed by atoms with Crippen LogP contribution in [0.4, 0.5) is 5.82 Å². The lowest BCUT2D eigenvalue weighted by Crippen LogP contribution is -2.14. The molecular weight excluding hydrogens is 314 g/mol. The van der Waals surface area contributed by atoms with E-state index in [1.54, 1.807) is 0 Å². The van der Waals surface area contributed by atoms with Crippen molar-refractivity contribution >= 4 is 11.7 Å². The van der Waals surface area contributed by atoms with Gasteiger partial charge in [0.15, 0.2) is 5.82 Å². The molecule has 0 atom stereocenters. The smallest absolute Gasteiger partial charge is 0.228 e. The summed E-state index contributed by atoms with van der Waals surface area (Å²) < 4.78 is 7.88. The summed E-state index contributed by atoms with van der Waals surface area (Å²) in [4.78, 5) is 11.9. The number of hydrogen-bond acceptors (Lipinski definition) is 3. The molecule has 3 rings (SSSR count). The molecule has 1 aromatic heterocycles. The third-order valence-corrected chi connectivity index (χ3v) is 4.29. The van der Waals surface area contributed by atoms with E-state index in [4.69, 9.17) is 4.74 Å². The van der Waals surface area contributed by atoms with E-state index in [-0.39, 0.29) is 11.8 Å². The van der Waals surface area contributed by atoms with Crippen molar-refractivity contribution in [3.05, 3.63) is 41.1 Å². The number of hydrogen-bond donors (Lipinski definition) is 1. The minimum Gasteiger partial charge on any atom is -0.493 e. The lowest BCUT2D eigenvalue weighted by molar-refractivity contribution is -0.117. The summed E-state index contributed by atoms with van der Waals surface area (Å²) in [5.74, 6) is 2.27. The van der Waals surface area contributed by atoms with Crippen molar-refractivity contribution in [1.82, 2.24) is 9.78 Å². The van der Waals surface area contributed by atoms with Gasteiger partial charge in [-0.1, -0.05) is 31.5 Å². The SMILES string of the molecule is Cc1ccc(OCC(C)C)c(Cn2nc(NC(=O)C3CC3)cc2C)c1. The highest BCUT2D eigenvalue weighted by Crippen LogP contribution is 2.30. The second-order valence-electron chi connectivity index (χ2n) is 7.41. The minimum absolute atomic E-state index is 0.0844. The van der Waals surface area contributed by atoms with Crippen LogP contribution in [-0.2, 0) is 11.3 Å². The summed E-state index contributed by atoms with van der Waals surface area (Å²) in [6, 6.07) is 8.15. The maximum absolute atomic E-state index is 11.9. The summed E-state index contributed by atoms with van der Waals surface area (Å²) in [6.07, 6.45) is 1.98. The predicted molar refractivity (Wildman–Crippen MR) is 98.9 cm³/mol. The van der Waals surface area contributed by atoms with Crippen LogP contribution in [0.5, 0.6) is 5.75 Å². The molecule has 1 N–H and O–H groups in total. The first-order valence-electron chi connectivity index (χ1n) is 9.00. The molecule has 1 saturated carbocycles. The summed E-state index contributed by atoms with van der Waals surface area (Å²) in [7, 11) is 0. The molecule has 0 saturated heterocycles. The lowest BCUT2D eigenvalue weighted by atomic mass is 10.1. The summed E-state index contributed by atoms with van der Waals surface area (Å²) in [5, 5.41) is 7.47. The average molecular weight is 341 g/mol. The Morgan fingerprint density at radius 3 is 2.76 bits per heavy atom. The van der Waals surface area contributed by atoms with Crippen LogP contribution < -0.4 is 10.1 Å². The van der Waals surface area contributed by atoms with E-state index in [1.807, 2.05) is 23.7 Å². The van der Waals surface area contributed by atoms with Crippen LogP contribution in [0, 0.1) is 25.7 Å². The highest BCUT2D eigenvalue weighted by molar-refractivity contribution is 5.93. The second-order valence-corrected chi connectivity index (χ2v) is 7.41. The van der Waals surface area contributed by atoms with Crippen LogP contribution in [0.2, 0.25) is 0 Å². The Labute approximate surface area is 149 Å². The van der Waals surface area contributed by atoms with Gasteiger partial charge >= 0.3 is 0 Å².